The molecule has 0 aromatic heterocycles. The Morgan fingerprint density at radius 1 is 0.301 bits per heavy atom. The summed E-state index contributed by atoms with van der Waals surface area (Å²) < 4.78 is 208. The first-order chi connectivity index (χ1) is 34.6. The molecule has 1 spiro atoms. The second-order valence-electron chi connectivity index (χ2n) is 17.5. The van der Waals surface area contributed by atoms with Crippen LogP contribution in [0.15, 0.2) is 182 Å². The molecule has 0 N–H and O–H groups in total. The van der Waals surface area contributed by atoms with Crippen molar-refractivity contribution in [1.82, 2.24) is 0 Å². The fourth-order valence-corrected chi connectivity index (χ4v) is 10.5. The molecule has 0 bridgehead atoms. The summed E-state index contributed by atoms with van der Waals surface area (Å²) in [6.07, 6.45) is -21.2. The lowest BCUT2D eigenvalue weighted by Gasteiger charge is -2.34. The summed E-state index contributed by atoms with van der Waals surface area (Å²) in [7, 11) is 0. The van der Waals surface area contributed by atoms with Gasteiger partial charge in [0.2, 0.25) is 0 Å². The third kappa shape index (κ3) is 7.55. The first-order valence-corrected chi connectivity index (χ1v) is 22.2. The summed E-state index contributed by atoms with van der Waals surface area (Å²) in [6.45, 7) is 0. The number of benzene rings is 9. The van der Waals surface area contributed by atoms with Crippen molar-refractivity contribution >= 4 is 44.9 Å². The molecule has 0 saturated heterocycles. The molecule has 0 amide bonds. The quantitative estimate of drug-likeness (QED) is 0.153. The van der Waals surface area contributed by atoms with E-state index in [4.69, 9.17) is 0 Å². The number of anilines is 6. The van der Waals surface area contributed by atoms with Gasteiger partial charge in [-0.3, -0.25) is 0 Å². The van der Waals surface area contributed by atoms with Gasteiger partial charge in [0.15, 0.2) is 0 Å². The second-order valence-corrected chi connectivity index (χ2v) is 17.5. The van der Waals surface area contributed by atoms with Gasteiger partial charge in [0, 0.05) is 22.4 Å². The maximum atomic E-state index is 16.4. The van der Waals surface area contributed by atoms with Crippen LogP contribution in [0.1, 0.15) is 44.5 Å². The van der Waals surface area contributed by atoms with Crippen LogP contribution in [0.2, 0.25) is 0 Å². The molecule has 2 nitrogen and oxygen atoms in total. The van der Waals surface area contributed by atoms with E-state index in [1.807, 2.05) is 12.1 Å². The van der Waals surface area contributed by atoms with Gasteiger partial charge in [0.25, 0.3) is 0 Å². The van der Waals surface area contributed by atoms with Crippen LogP contribution < -0.4 is 9.80 Å². The van der Waals surface area contributed by atoms with Crippen LogP contribution in [-0.2, 0) is 30.1 Å². The molecule has 0 radical (unpaired) electrons. The fourth-order valence-electron chi connectivity index (χ4n) is 10.5. The smallest absolute Gasteiger partial charge is 0.308 e. The summed E-state index contributed by atoms with van der Waals surface area (Å²) in [6, 6.07) is 38.4. The Kier molecular flexibility index (Phi) is 10.6. The molecule has 0 atom stereocenters. The van der Waals surface area contributed by atoms with Gasteiger partial charge in [-0.1, -0.05) is 103 Å². The minimum absolute atomic E-state index is 0.0344. The van der Waals surface area contributed by atoms with Gasteiger partial charge in [0.1, 0.15) is 11.6 Å². The number of alkyl halides is 12. The van der Waals surface area contributed by atoms with E-state index in [0.717, 1.165) is 21.9 Å². The molecule has 9 aromatic carbocycles. The van der Waals surface area contributed by atoms with Crippen LogP contribution in [0.3, 0.4) is 0 Å². The first kappa shape index (κ1) is 47.2. The Labute approximate surface area is 405 Å². The molecule has 0 fully saturated rings. The predicted octanol–water partition coefficient (Wildman–Crippen LogP) is 18.5. The van der Waals surface area contributed by atoms with Gasteiger partial charge in [-0.05, 0) is 129 Å². The molecule has 2 aliphatic rings. The number of fused-ring (bicyclic) bond motifs is 12. The van der Waals surface area contributed by atoms with Crippen molar-refractivity contribution in [1.29, 1.82) is 0 Å². The standard InChI is InChI=1S/C57H30F14N2/c58-47-17-7-9-19-49(47)72(36-25-31(54(60,61)62)23-32(26-36)55(63,64)65)35-21-22-42-45(29-35)53(43-15-5-3-11-38(43)39-12-4-6-16-44(39)53)46-30-51(40-13-1-2-14-41(40)52(42)46)73(50-20-10-8-18-48(50)59)37-27-33(56(66,67)68)24-34(28-37)57(69,70)71/h1-30H. The zero-order valence-corrected chi connectivity index (χ0v) is 37.0. The Morgan fingerprint density at radius 3 is 1.19 bits per heavy atom. The molecule has 366 valence electrons. The number of nitrogens with zero attached hydrogens (tertiary/aromatic N) is 2. The summed E-state index contributed by atoms with van der Waals surface area (Å²) in [4.78, 5) is 1.93. The molecule has 0 unspecified atom stereocenters. The molecular formula is C57H30F14N2. The zero-order chi connectivity index (χ0) is 51.6. The molecule has 0 saturated carbocycles. The average Bonchev–Trinajstić information content (AvgIpc) is 3.81. The molecule has 0 aliphatic heterocycles. The lowest BCUT2D eigenvalue weighted by atomic mass is 9.70. The van der Waals surface area contributed by atoms with E-state index in [2.05, 4.69) is 0 Å². The molecule has 73 heavy (non-hydrogen) atoms. The van der Waals surface area contributed by atoms with E-state index in [9.17, 15) is 52.7 Å². The van der Waals surface area contributed by atoms with Crippen LogP contribution in [0.25, 0.3) is 33.0 Å². The SMILES string of the molecule is Fc1ccccc1N(c1cc(C(F)(F)F)cc(C(F)(F)F)c1)c1ccc2c(c1)C1(c3ccccc3-c3ccccc31)c1cc(N(c3cc(C(F)(F)F)cc(C(F)(F)F)c3)c3ccccc3F)c3ccccc3c1-2. The minimum Gasteiger partial charge on any atom is -0.308 e. The van der Waals surface area contributed by atoms with Crippen molar-refractivity contribution in [3.8, 4) is 22.3 Å². The highest BCUT2D eigenvalue weighted by Crippen LogP contribution is 2.66. The fraction of sp³-hybridized carbons (Fsp3) is 0.0877. The van der Waals surface area contributed by atoms with Crippen LogP contribution in [0.5, 0.6) is 0 Å². The highest BCUT2D eigenvalue weighted by atomic mass is 19.4. The minimum atomic E-state index is -5.30. The molecular weight excluding hydrogens is 979 g/mol. The topological polar surface area (TPSA) is 6.48 Å². The molecule has 2 aliphatic carbocycles. The van der Waals surface area contributed by atoms with Crippen LogP contribution in [0.4, 0.5) is 95.6 Å². The van der Waals surface area contributed by atoms with Gasteiger partial charge in [0.05, 0.1) is 44.7 Å². The number of para-hydroxylation sites is 2. The average molecular weight is 1010 g/mol. The number of hydrogen-bond acceptors (Lipinski definition) is 2. The van der Waals surface area contributed by atoms with Crippen molar-refractivity contribution in [2.24, 2.45) is 0 Å². The highest BCUT2D eigenvalue weighted by molar-refractivity contribution is 6.12. The van der Waals surface area contributed by atoms with E-state index < -0.39 is 86.8 Å². The maximum Gasteiger partial charge on any atom is 0.416 e. The Balaban J connectivity index is 1.27. The summed E-state index contributed by atoms with van der Waals surface area (Å²) in [5.41, 5.74) is -6.36. The van der Waals surface area contributed by atoms with Gasteiger partial charge >= 0.3 is 24.7 Å². The first-order valence-electron chi connectivity index (χ1n) is 22.2. The van der Waals surface area contributed by atoms with Crippen molar-refractivity contribution in [2.45, 2.75) is 30.1 Å². The third-order valence-electron chi connectivity index (χ3n) is 13.4. The van der Waals surface area contributed by atoms with Crippen LogP contribution >= 0.6 is 0 Å². The Morgan fingerprint density at radius 2 is 0.712 bits per heavy atom. The largest absolute Gasteiger partial charge is 0.416 e. The lowest BCUT2D eigenvalue weighted by Crippen LogP contribution is -2.27. The highest BCUT2D eigenvalue weighted by Gasteiger charge is 2.53. The molecule has 11 rings (SSSR count). The van der Waals surface area contributed by atoms with Crippen molar-refractivity contribution in [2.75, 3.05) is 9.80 Å². The maximum absolute atomic E-state index is 16.4. The van der Waals surface area contributed by atoms with E-state index in [1.54, 1.807) is 72.8 Å². The Hall–Kier alpha value is -8.14. The van der Waals surface area contributed by atoms with Gasteiger partial charge in [-0.2, -0.15) is 52.7 Å². The molecule has 0 heterocycles. The summed E-state index contributed by atoms with van der Waals surface area (Å²) in [5.74, 6) is -2.01. The summed E-state index contributed by atoms with van der Waals surface area (Å²) in [5, 5.41) is 0.615. The number of halogens is 14. The third-order valence-corrected chi connectivity index (χ3v) is 13.4. The van der Waals surface area contributed by atoms with E-state index in [0.29, 0.717) is 74.2 Å². The zero-order valence-electron chi connectivity index (χ0n) is 37.0. The van der Waals surface area contributed by atoms with Gasteiger partial charge < -0.3 is 9.80 Å². The van der Waals surface area contributed by atoms with Crippen molar-refractivity contribution in [3.63, 3.8) is 0 Å². The molecule has 16 heteroatoms. The van der Waals surface area contributed by atoms with Crippen molar-refractivity contribution in [3.05, 3.63) is 238 Å². The van der Waals surface area contributed by atoms with E-state index in [-0.39, 0.29) is 28.9 Å². The Bertz CT molecular complexity index is 3590. The van der Waals surface area contributed by atoms with Crippen LogP contribution in [0, 0.1) is 11.6 Å². The van der Waals surface area contributed by atoms with Gasteiger partial charge in [-0.25, -0.2) is 8.78 Å². The summed E-state index contributed by atoms with van der Waals surface area (Å²) >= 11 is 0. The lowest BCUT2D eigenvalue weighted by molar-refractivity contribution is -0.144. The predicted molar refractivity (Wildman–Crippen MR) is 250 cm³/mol. The molecule has 9 aromatic rings. The number of hydrogen-bond donors (Lipinski definition) is 0. The van der Waals surface area contributed by atoms with Crippen LogP contribution in [-0.4, -0.2) is 0 Å². The second kappa shape index (κ2) is 16.4. The number of rotatable bonds is 6. The normalized spacial score (nSPS) is 13.7. The van der Waals surface area contributed by atoms with Crippen molar-refractivity contribution < 1.29 is 61.5 Å². The monoisotopic (exact) mass is 1010 g/mol. The van der Waals surface area contributed by atoms with Gasteiger partial charge in [-0.15, -0.1) is 0 Å². The van der Waals surface area contributed by atoms with E-state index in [1.165, 1.54) is 48.5 Å². The van der Waals surface area contributed by atoms with E-state index >= 15 is 8.78 Å².